The van der Waals surface area contributed by atoms with Crippen LogP contribution in [0.1, 0.15) is 23.0 Å². The van der Waals surface area contributed by atoms with E-state index in [-0.39, 0.29) is 6.10 Å². The summed E-state index contributed by atoms with van der Waals surface area (Å²) in [6, 6.07) is 16.7. The largest absolute Gasteiger partial charge is 0.461 e. The van der Waals surface area contributed by atoms with Gasteiger partial charge < -0.3 is 9.15 Å². The van der Waals surface area contributed by atoms with E-state index in [4.69, 9.17) is 9.15 Å². The van der Waals surface area contributed by atoms with Gasteiger partial charge in [-0.3, -0.25) is 9.88 Å². The Morgan fingerprint density at radius 1 is 1.16 bits per heavy atom. The molecule has 1 saturated heterocycles. The lowest BCUT2D eigenvalue weighted by Crippen LogP contribution is -2.37. The molecule has 0 radical (unpaired) electrons. The quantitative estimate of drug-likeness (QED) is 0.716. The molecule has 0 unspecified atom stereocenters. The van der Waals surface area contributed by atoms with Crippen LogP contribution in [0.15, 0.2) is 65.3 Å². The highest BCUT2D eigenvalue weighted by Gasteiger charge is 2.22. The van der Waals surface area contributed by atoms with Gasteiger partial charge in [0.05, 0.1) is 12.7 Å². The van der Waals surface area contributed by atoms with Gasteiger partial charge in [-0.15, -0.1) is 0 Å². The van der Waals surface area contributed by atoms with Gasteiger partial charge in [-0.25, -0.2) is 0 Å². The summed E-state index contributed by atoms with van der Waals surface area (Å²) in [6.07, 6.45) is 3.79. The van der Waals surface area contributed by atoms with Crippen LogP contribution in [0.2, 0.25) is 0 Å². The third-order valence-corrected chi connectivity index (χ3v) is 4.56. The highest BCUT2D eigenvalue weighted by Crippen LogP contribution is 2.25. The van der Waals surface area contributed by atoms with Gasteiger partial charge in [-0.1, -0.05) is 24.3 Å². The molecule has 0 N–H and O–H groups in total. The molecule has 0 bridgehead atoms. The van der Waals surface area contributed by atoms with Gasteiger partial charge in [0.1, 0.15) is 11.5 Å². The lowest BCUT2D eigenvalue weighted by molar-refractivity contribution is -0.0330. The Morgan fingerprint density at radius 2 is 2.12 bits per heavy atom. The van der Waals surface area contributed by atoms with E-state index in [1.54, 1.807) is 6.20 Å². The van der Waals surface area contributed by atoms with Crippen LogP contribution >= 0.6 is 0 Å². The second kappa shape index (κ2) is 7.21. The van der Waals surface area contributed by atoms with Crippen molar-refractivity contribution in [1.29, 1.82) is 0 Å². The first-order chi connectivity index (χ1) is 12.3. The van der Waals surface area contributed by atoms with E-state index in [0.29, 0.717) is 0 Å². The minimum absolute atomic E-state index is 0.0957. The molecule has 0 spiro atoms. The number of morpholine rings is 1. The zero-order valence-electron chi connectivity index (χ0n) is 14.4. The number of rotatable bonds is 4. The summed E-state index contributed by atoms with van der Waals surface area (Å²) in [6.45, 7) is 5.46. The summed E-state index contributed by atoms with van der Waals surface area (Å²) in [5, 5.41) is 0. The lowest BCUT2D eigenvalue weighted by Gasteiger charge is -2.33. The fourth-order valence-electron chi connectivity index (χ4n) is 3.29. The van der Waals surface area contributed by atoms with Gasteiger partial charge >= 0.3 is 0 Å². The molecule has 1 atom stereocenters. The van der Waals surface area contributed by atoms with E-state index in [1.165, 1.54) is 5.56 Å². The van der Waals surface area contributed by atoms with E-state index in [9.17, 15) is 0 Å². The van der Waals surface area contributed by atoms with Gasteiger partial charge in [-0.05, 0) is 36.8 Å². The first-order valence-electron chi connectivity index (χ1n) is 8.67. The van der Waals surface area contributed by atoms with Crippen LogP contribution in [-0.2, 0) is 11.3 Å². The van der Waals surface area contributed by atoms with Crippen molar-refractivity contribution in [2.24, 2.45) is 0 Å². The van der Waals surface area contributed by atoms with Gasteiger partial charge in [-0.2, -0.15) is 0 Å². The smallest absolute Gasteiger partial charge is 0.134 e. The summed E-state index contributed by atoms with van der Waals surface area (Å²) >= 11 is 0. The lowest BCUT2D eigenvalue weighted by atomic mass is 10.1. The Balaban J connectivity index is 1.47. The number of nitrogens with zero attached hydrogens (tertiary/aromatic N) is 2. The maximum Gasteiger partial charge on any atom is 0.134 e. The van der Waals surface area contributed by atoms with E-state index < -0.39 is 0 Å². The second-order valence-electron chi connectivity index (χ2n) is 6.49. The number of hydrogen-bond acceptors (Lipinski definition) is 4. The normalized spacial score (nSPS) is 18.4. The molecule has 1 fully saturated rings. The maximum absolute atomic E-state index is 5.93. The number of furan rings is 1. The van der Waals surface area contributed by atoms with E-state index in [2.05, 4.69) is 40.2 Å². The van der Waals surface area contributed by atoms with Crippen molar-refractivity contribution in [2.45, 2.75) is 19.6 Å². The Kier molecular flexibility index (Phi) is 4.63. The van der Waals surface area contributed by atoms with E-state index in [0.717, 1.165) is 48.9 Å². The molecule has 0 saturated carbocycles. The Bertz CT molecular complexity index is 829. The van der Waals surface area contributed by atoms with Crippen LogP contribution in [0, 0.1) is 6.92 Å². The molecule has 1 aliphatic rings. The van der Waals surface area contributed by atoms with Crippen molar-refractivity contribution in [3.05, 3.63) is 77.8 Å². The third-order valence-electron chi connectivity index (χ3n) is 4.56. The van der Waals surface area contributed by atoms with Crippen LogP contribution in [-0.4, -0.2) is 29.6 Å². The fourth-order valence-corrected chi connectivity index (χ4v) is 3.29. The zero-order valence-corrected chi connectivity index (χ0v) is 14.4. The number of pyridine rings is 1. The molecule has 1 aliphatic heterocycles. The molecule has 4 nitrogen and oxygen atoms in total. The van der Waals surface area contributed by atoms with Crippen molar-refractivity contribution in [3.63, 3.8) is 0 Å². The summed E-state index contributed by atoms with van der Waals surface area (Å²) in [4.78, 5) is 6.65. The predicted octanol–water partition coefficient (Wildman–Crippen LogP) is 4.22. The number of ether oxygens (including phenoxy) is 1. The number of hydrogen-bond donors (Lipinski definition) is 0. The molecule has 0 aliphatic carbocycles. The molecule has 3 heterocycles. The molecule has 4 rings (SSSR count). The fraction of sp³-hybridized carbons (Fsp3) is 0.286. The number of aromatic nitrogens is 1. The number of aryl methyl sites for hydroxylation is 1. The standard InChI is InChI=1S/C21H22N2O2/c1-16-7-8-20(25-16)18-5-2-4-17(12-18)14-23-10-11-24-21(15-23)19-6-3-9-22-13-19/h2-9,12-13,21H,10-11,14-15H2,1H3/t21-/m0/s1. The van der Waals surface area contributed by atoms with Crippen LogP contribution in [0.3, 0.4) is 0 Å². The van der Waals surface area contributed by atoms with Gasteiger partial charge in [0, 0.05) is 43.2 Å². The highest BCUT2D eigenvalue weighted by molar-refractivity contribution is 5.58. The molecule has 25 heavy (non-hydrogen) atoms. The number of benzene rings is 1. The minimum Gasteiger partial charge on any atom is -0.461 e. The molecule has 3 aromatic rings. The average Bonchev–Trinajstić information content (AvgIpc) is 3.09. The maximum atomic E-state index is 5.93. The first-order valence-corrected chi connectivity index (χ1v) is 8.67. The van der Waals surface area contributed by atoms with E-state index >= 15 is 0 Å². The van der Waals surface area contributed by atoms with Crippen LogP contribution in [0.25, 0.3) is 11.3 Å². The van der Waals surface area contributed by atoms with Crippen molar-refractivity contribution in [2.75, 3.05) is 19.7 Å². The molecular weight excluding hydrogens is 312 g/mol. The second-order valence-corrected chi connectivity index (χ2v) is 6.49. The summed E-state index contributed by atoms with van der Waals surface area (Å²) in [5.41, 5.74) is 3.56. The SMILES string of the molecule is Cc1ccc(-c2cccc(CN3CCO[C@H](c4cccnc4)C3)c2)o1. The molecular formula is C21H22N2O2. The monoisotopic (exact) mass is 334 g/mol. The van der Waals surface area contributed by atoms with Crippen molar-refractivity contribution < 1.29 is 9.15 Å². The molecule has 128 valence electrons. The molecule has 2 aromatic heterocycles. The summed E-state index contributed by atoms with van der Waals surface area (Å²) in [7, 11) is 0. The van der Waals surface area contributed by atoms with Crippen molar-refractivity contribution >= 4 is 0 Å². The Labute approximate surface area is 148 Å². The van der Waals surface area contributed by atoms with Crippen LogP contribution < -0.4 is 0 Å². The molecule has 1 aromatic carbocycles. The average molecular weight is 334 g/mol. The van der Waals surface area contributed by atoms with Crippen molar-refractivity contribution in [1.82, 2.24) is 9.88 Å². The molecule has 0 amide bonds. The predicted molar refractivity (Wildman–Crippen MR) is 97.1 cm³/mol. The Morgan fingerprint density at radius 3 is 2.92 bits per heavy atom. The first kappa shape index (κ1) is 16.1. The third kappa shape index (κ3) is 3.81. The van der Waals surface area contributed by atoms with E-state index in [1.807, 2.05) is 31.3 Å². The van der Waals surface area contributed by atoms with Gasteiger partial charge in [0.15, 0.2) is 0 Å². The molecule has 4 heteroatoms. The Hall–Kier alpha value is -2.43. The summed E-state index contributed by atoms with van der Waals surface area (Å²) in [5.74, 6) is 1.86. The summed E-state index contributed by atoms with van der Waals surface area (Å²) < 4.78 is 11.7. The zero-order chi connectivity index (χ0) is 17.1. The van der Waals surface area contributed by atoms with Gasteiger partial charge in [0.2, 0.25) is 0 Å². The highest BCUT2D eigenvalue weighted by atomic mass is 16.5. The van der Waals surface area contributed by atoms with Crippen molar-refractivity contribution in [3.8, 4) is 11.3 Å². The minimum atomic E-state index is 0.0957. The topological polar surface area (TPSA) is 38.5 Å². The van der Waals surface area contributed by atoms with Crippen LogP contribution in [0.4, 0.5) is 0 Å². The van der Waals surface area contributed by atoms with Gasteiger partial charge in [0.25, 0.3) is 0 Å². The van der Waals surface area contributed by atoms with Crippen LogP contribution in [0.5, 0.6) is 0 Å².